The molecule has 0 spiro atoms. The second-order valence-electron chi connectivity index (χ2n) is 6.46. The normalized spacial score (nSPS) is 17.0. The molecule has 3 N–H and O–H groups in total. The number of likely N-dealkylation sites (N-methyl/N-ethyl adjacent to an activating group) is 1. The molecule has 0 aromatic heterocycles. The maximum Gasteiger partial charge on any atom is 0.193 e. The average molecular weight is 302 g/mol. The van der Waals surface area contributed by atoms with E-state index in [1.807, 2.05) is 6.07 Å². The van der Waals surface area contributed by atoms with Gasteiger partial charge in [0.15, 0.2) is 5.96 Å². The Morgan fingerprint density at radius 3 is 2.64 bits per heavy atom. The number of aryl methyl sites for hydroxylation is 2. The Hall–Kier alpha value is -1.55. The first-order valence-corrected chi connectivity index (χ1v) is 8.40. The van der Waals surface area contributed by atoms with Crippen LogP contribution in [-0.2, 0) is 0 Å². The predicted octanol–water partition coefficient (Wildman–Crippen LogP) is 3.29. The first kappa shape index (κ1) is 16.8. The van der Waals surface area contributed by atoms with Crippen molar-refractivity contribution in [3.05, 3.63) is 29.3 Å². The number of anilines is 1. The molecule has 1 aromatic carbocycles. The fraction of sp³-hybridized carbons (Fsp3) is 0.611. The highest BCUT2D eigenvalue weighted by molar-refractivity contribution is 5.92. The van der Waals surface area contributed by atoms with E-state index in [1.165, 1.54) is 43.2 Å². The largest absolute Gasteiger partial charge is 0.370 e. The predicted molar refractivity (Wildman–Crippen MR) is 95.5 cm³/mol. The van der Waals surface area contributed by atoms with Gasteiger partial charge in [0.1, 0.15) is 0 Å². The fourth-order valence-electron chi connectivity index (χ4n) is 3.04. The Labute approximate surface area is 134 Å². The molecule has 122 valence electrons. The van der Waals surface area contributed by atoms with Crippen LogP contribution in [0.5, 0.6) is 0 Å². The van der Waals surface area contributed by atoms with E-state index in [4.69, 9.17) is 5.73 Å². The van der Waals surface area contributed by atoms with Gasteiger partial charge in [-0.3, -0.25) is 4.99 Å². The maximum atomic E-state index is 5.98. The van der Waals surface area contributed by atoms with Crippen molar-refractivity contribution < 1.29 is 0 Å². The lowest BCUT2D eigenvalue weighted by Crippen LogP contribution is -2.35. The Bertz CT molecular complexity index is 504. The summed E-state index contributed by atoms with van der Waals surface area (Å²) < 4.78 is 0. The van der Waals surface area contributed by atoms with E-state index in [0.29, 0.717) is 5.96 Å². The minimum atomic E-state index is 0.500. The van der Waals surface area contributed by atoms with Crippen LogP contribution >= 0.6 is 0 Å². The zero-order chi connectivity index (χ0) is 15.9. The molecule has 0 bridgehead atoms. The van der Waals surface area contributed by atoms with Crippen LogP contribution in [0, 0.1) is 13.8 Å². The molecule has 0 radical (unpaired) electrons. The van der Waals surface area contributed by atoms with E-state index >= 15 is 0 Å². The summed E-state index contributed by atoms with van der Waals surface area (Å²) in [4.78, 5) is 6.88. The molecule has 22 heavy (non-hydrogen) atoms. The molecule has 0 aliphatic heterocycles. The van der Waals surface area contributed by atoms with Gasteiger partial charge in [-0.25, -0.2) is 0 Å². The van der Waals surface area contributed by atoms with Crippen molar-refractivity contribution in [2.24, 2.45) is 10.7 Å². The fourth-order valence-corrected chi connectivity index (χ4v) is 3.04. The average Bonchev–Trinajstić information content (AvgIpc) is 2.51. The van der Waals surface area contributed by atoms with Gasteiger partial charge in [-0.1, -0.05) is 25.3 Å². The molecule has 0 saturated heterocycles. The van der Waals surface area contributed by atoms with Crippen molar-refractivity contribution >= 4 is 11.6 Å². The van der Waals surface area contributed by atoms with Gasteiger partial charge in [0.05, 0.1) is 6.54 Å². The summed E-state index contributed by atoms with van der Waals surface area (Å²) in [6.45, 7) is 5.93. The van der Waals surface area contributed by atoms with Crippen molar-refractivity contribution in [1.29, 1.82) is 0 Å². The molecule has 0 atom stereocenters. The molecule has 1 aliphatic carbocycles. The summed E-state index contributed by atoms with van der Waals surface area (Å²) in [6.07, 6.45) is 6.80. The molecule has 1 fully saturated rings. The monoisotopic (exact) mass is 302 g/mol. The lowest BCUT2D eigenvalue weighted by Gasteiger charge is -2.30. The first-order chi connectivity index (χ1) is 10.6. The lowest BCUT2D eigenvalue weighted by molar-refractivity contribution is 0.196. The SMILES string of the molecule is Cc1ccc(NC(N)=NCCN(C)C2CCCCC2)cc1C. The summed E-state index contributed by atoms with van der Waals surface area (Å²) in [6, 6.07) is 6.98. The zero-order valence-corrected chi connectivity index (χ0v) is 14.2. The number of nitrogens with two attached hydrogens (primary N) is 1. The Morgan fingerprint density at radius 1 is 1.23 bits per heavy atom. The van der Waals surface area contributed by atoms with Gasteiger partial charge < -0.3 is 16.0 Å². The molecule has 0 heterocycles. The highest BCUT2D eigenvalue weighted by Gasteiger charge is 2.17. The van der Waals surface area contributed by atoms with Gasteiger partial charge in [-0.2, -0.15) is 0 Å². The van der Waals surface area contributed by atoms with E-state index in [2.05, 4.69) is 48.2 Å². The number of aliphatic imine (C=N–C) groups is 1. The van der Waals surface area contributed by atoms with Crippen molar-refractivity contribution in [1.82, 2.24) is 4.90 Å². The molecule has 0 amide bonds. The van der Waals surface area contributed by atoms with E-state index in [1.54, 1.807) is 0 Å². The van der Waals surface area contributed by atoms with Gasteiger partial charge in [-0.05, 0) is 57.0 Å². The van der Waals surface area contributed by atoms with Crippen LogP contribution in [0.25, 0.3) is 0 Å². The van der Waals surface area contributed by atoms with Crippen molar-refractivity contribution in [2.75, 3.05) is 25.5 Å². The summed E-state index contributed by atoms with van der Waals surface area (Å²) in [7, 11) is 2.21. The quantitative estimate of drug-likeness (QED) is 0.648. The van der Waals surface area contributed by atoms with Gasteiger partial charge in [0.2, 0.25) is 0 Å². The van der Waals surface area contributed by atoms with Gasteiger partial charge >= 0.3 is 0 Å². The third-order valence-corrected chi connectivity index (χ3v) is 4.71. The van der Waals surface area contributed by atoms with E-state index in [-0.39, 0.29) is 0 Å². The Kier molecular flexibility index (Phi) is 6.25. The van der Waals surface area contributed by atoms with Crippen LogP contribution in [0.4, 0.5) is 5.69 Å². The highest BCUT2D eigenvalue weighted by atomic mass is 15.2. The standard InChI is InChI=1S/C18H30N4/c1-14-9-10-16(13-15(14)2)21-18(19)20-11-12-22(3)17-7-5-4-6-8-17/h9-10,13,17H,4-8,11-12H2,1-3H3,(H3,19,20,21). The van der Waals surface area contributed by atoms with Crippen LogP contribution in [0.2, 0.25) is 0 Å². The van der Waals surface area contributed by atoms with Crippen LogP contribution in [0.1, 0.15) is 43.2 Å². The lowest BCUT2D eigenvalue weighted by atomic mass is 9.94. The smallest absolute Gasteiger partial charge is 0.193 e. The van der Waals surface area contributed by atoms with Gasteiger partial charge in [0.25, 0.3) is 0 Å². The molecule has 1 aliphatic rings. The molecule has 1 aromatic rings. The molecular formula is C18H30N4. The Balaban J connectivity index is 1.78. The molecule has 1 saturated carbocycles. The molecule has 2 rings (SSSR count). The molecule has 0 unspecified atom stereocenters. The molecule has 4 nitrogen and oxygen atoms in total. The van der Waals surface area contributed by atoms with E-state index in [0.717, 1.165) is 24.8 Å². The second kappa shape index (κ2) is 8.18. The van der Waals surface area contributed by atoms with E-state index < -0.39 is 0 Å². The number of hydrogen-bond acceptors (Lipinski definition) is 2. The number of hydrogen-bond donors (Lipinski definition) is 2. The Morgan fingerprint density at radius 2 is 1.95 bits per heavy atom. The topological polar surface area (TPSA) is 53.6 Å². The van der Waals surface area contributed by atoms with Gasteiger partial charge in [-0.15, -0.1) is 0 Å². The van der Waals surface area contributed by atoms with E-state index in [9.17, 15) is 0 Å². The van der Waals surface area contributed by atoms with Crippen LogP contribution in [0.3, 0.4) is 0 Å². The minimum Gasteiger partial charge on any atom is -0.370 e. The van der Waals surface area contributed by atoms with Crippen LogP contribution in [-0.4, -0.2) is 37.0 Å². The summed E-state index contributed by atoms with van der Waals surface area (Å²) >= 11 is 0. The highest BCUT2D eigenvalue weighted by Crippen LogP contribution is 2.21. The minimum absolute atomic E-state index is 0.500. The summed E-state index contributed by atoms with van der Waals surface area (Å²) in [5, 5.41) is 3.17. The number of nitrogens with zero attached hydrogens (tertiary/aromatic N) is 2. The summed E-state index contributed by atoms with van der Waals surface area (Å²) in [5.74, 6) is 0.500. The van der Waals surface area contributed by atoms with Gasteiger partial charge in [0, 0.05) is 18.3 Å². The zero-order valence-electron chi connectivity index (χ0n) is 14.2. The third kappa shape index (κ3) is 5.02. The first-order valence-electron chi connectivity index (χ1n) is 8.40. The number of rotatable bonds is 5. The molecular weight excluding hydrogens is 272 g/mol. The molecule has 4 heteroatoms. The van der Waals surface area contributed by atoms with Crippen LogP contribution < -0.4 is 11.1 Å². The maximum absolute atomic E-state index is 5.98. The number of guanidine groups is 1. The number of benzene rings is 1. The second-order valence-corrected chi connectivity index (χ2v) is 6.46. The third-order valence-electron chi connectivity index (χ3n) is 4.71. The van der Waals surface area contributed by atoms with Crippen molar-refractivity contribution in [3.63, 3.8) is 0 Å². The van der Waals surface area contributed by atoms with Crippen LogP contribution in [0.15, 0.2) is 23.2 Å². The van der Waals surface area contributed by atoms with Crippen molar-refractivity contribution in [3.8, 4) is 0 Å². The number of nitrogens with one attached hydrogen (secondary N) is 1. The summed E-state index contributed by atoms with van der Waals surface area (Å²) in [5.41, 5.74) is 9.53. The van der Waals surface area contributed by atoms with Crippen molar-refractivity contribution in [2.45, 2.75) is 52.0 Å².